The Balaban J connectivity index is 2.68. The number of carbonyl (C=O) groups is 1. The third kappa shape index (κ3) is 2.59. The molecular formula is C14H16N2O3. The summed E-state index contributed by atoms with van der Waals surface area (Å²) in [7, 11) is 3.18. The van der Waals surface area contributed by atoms with Gasteiger partial charge in [-0.25, -0.2) is 4.98 Å². The number of methoxy groups -OCH3 is 2. The number of pyridine rings is 1. The molecule has 0 atom stereocenters. The summed E-state index contributed by atoms with van der Waals surface area (Å²) >= 11 is 0. The first-order valence-corrected chi connectivity index (χ1v) is 5.85. The quantitative estimate of drug-likeness (QED) is 0.905. The lowest BCUT2D eigenvalue weighted by atomic mass is 10.1. The third-order valence-electron chi connectivity index (χ3n) is 2.92. The predicted molar refractivity (Wildman–Crippen MR) is 72.5 cm³/mol. The molecule has 5 heteroatoms. The molecule has 2 rings (SSSR count). The number of carbonyl (C=O) groups excluding carboxylic acids is 1. The monoisotopic (exact) mass is 260 g/mol. The molecule has 0 saturated carbocycles. The van der Waals surface area contributed by atoms with Crippen molar-refractivity contribution in [3.8, 4) is 11.5 Å². The lowest BCUT2D eigenvalue weighted by Gasteiger charge is -2.11. The Morgan fingerprint density at radius 1 is 1.26 bits per heavy atom. The summed E-state index contributed by atoms with van der Waals surface area (Å²) in [6.45, 7) is 1.95. The standard InChI is InChI=1S/C14H16N2O3/c1-8-4-9(5-13(15)17)16-14-11(8)6-10(18-2)7-12(14)19-3/h4,6-7H,5H2,1-3H3,(H2,15,17). The van der Waals surface area contributed by atoms with Gasteiger partial charge >= 0.3 is 0 Å². The first kappa shape index (κ1) is 13.1. The fourth-order valence-corrected chi connectivity index (χ4v) is 2.04. The van der Waals surface area contributed by atoms with E-state index >= 15 is 0 Å². The number of hydrogen-bond acceptors (Lipinski definition) is 4. The zero-order valence-corrected chi connectivity index (χ0v) is 11.2. The van der Waals surface area contributed by atoms with Crippen molar-refractivity contribution in [2.24, 2.45) is 5.73 Å². The number of benzene rings is 1. The summed E-state index contributed by atoms with van der Waals surface area (Å²) < 4.78 is 10.6. The maximum absolute atomic E-state index is 11.0. The molecule has 0 bridgehead atoms. The van der Waals surface area contributed by atoms with Crippen LogP contribution in [0.15, 0.2) is 18.2 Å². The van der Waals surface area contributed by atoms with Crippen LogP contribution in [0.4, 0.5) is 0 Å². The Labute approximate surface area is 111 Å². The number of primary amides is 1. The highest BCUT2D eigenvalue weighted by molar-refractivity contribution is 5.89. The summed E-state index contributed by atoms with van der Waals surface area (Å²) in [5.74, 6) is 0.916. The van der Waals surface area contributed by atoms with Gasteiger partial charge in [0.1, 0.15) is 17.0 Å². The van der Waals surface area contributed by atoms with Gasteiger partial charge in [0.25, 0.3) is 0 Å². The van der Waals surface area contributed by atoms with Crippen LogP contribution in [0.1, 0.15) is 11.3 Å². The Hall–Kier alpha value is -2.30. The van der Waals surface area contributed by atoms with E-state index in [4.69, 9.17) is 15.2 Å². The van der Waals surface area contributed by atoms with Gasteiger partial charge in [0, 0.05) is 11.5 Å². The number of nitrogens with zero attached hydrogens (tertiary/aromatic N) is 1. The van der Waals surface area contributed by atoms with Crippen molar-refractivity contribution in [3.05, 3.63) is 29.5 Å². The van der Waals surface area contributed by atoms with Gasteiger partial charge in [0.2, 0.25) is 5.91 Å². The minimum Gasteiger partial charge on any atom is -0.497 e. The molecule has 100 valence electrons. The first-order chi connectivity index (χ1) is 9.05. The summed E-state index contributed by atoms with van der Waals surface area (Å²) in [5, 5.41) is 0.935. The molecule has 1 amide bonds. The number of aryl methyl sites for hydroxylation is 1. The number of ether oxygens (including phenoxy) is 2. The molecule has 0 aliphatic heterocycles. The largest absolute Gasteiger partial charge is 0.497 e. The number of nitrogens with two attached hydrogens (primary N) is 1. The van der Waals surface area contributed by atoms with Crippen molar-refractivity contribution in [2.45, 2.75) is 13.3 Å². The van der Waals surface area contributed by atoms with Crippen molar-refractivity contribution in [1.82, 2.24) is 4.98 Å². The average molecular weight is 260 g/mol. The number of rotatable bonds is 4. The highest BCUT2D eigenvalue weighted by Crippen LogP contribution is 2.31. The SMILES string of the molecule is COc1cc(OC)c2nc(CC(N)=O)cc(C)c2c1. The molecule has 2 N–H and O–H groups in total. The molecule has 0 saturated heterocycles. The van der Waals surface area contributed by atoms with Crippen LogP contribution in [0, 0.1) is 6.92 Å². The van der Waals surface area contributed by atoms with E-state index in [1.807, 2.05) is 19.1 Å². The van der Waals surface area contributed by atoms with Crippen LogP contribution in [-0.2, 0) is 11.2 Å². The van der Waals surface area contributed by atoms with Gasteiger partial charge in [0.05, 0.1) is 26.3 Å². The maximum Gasteiger partial charge on any atom is 0.223 e. The molecule has 0 spiro atoms. The number of fused-ring (bicyclic) bond motifs is 1. The molecule has 1 heterocycles. The molecule has 2 aromatic rings. The number of hydrogen-bond donors (Lipinski definition) is 1. The van der Waals surface area contributed by atoms with E-state index in [9.17, 15) is 4.79 Å². The maximum atomic E-state index is 11.0. The van der Waals surface area contributed by atoms with Crippen molar-refractivity contribution < 1.29 is 14.3 Å². The molecule has 0 radical (unpaired) electrons. The molecule has 19 heavy (non-hydrogen) atoms. The van der Waals surface area contributed by atoms with E-state index in [0.717, 1.165) is 10.9 Å². The van der Waals surface area contributed by atoms with Crippen LogP contribution in [0.25, 0.3) is 10.9 Å². The minimum atomic E-state index is -0.404. The summed E-state index contributed by atoms with van der Waals surface area (Å²) in [6.07, 6.45) is 0.117. The smallest absolute Gasteiger partial charge is 0.223 e. The second kappa shape index (κ2) is 5.14. The van der Waals surface area contributed by atoms with Gasteiger partial charge in [-0.1, -0.05) is 0 Å². The fourth-order valence-electron chi connectivity index (χ4n) is 2.04. The molecule has 0 unspecified atom stereocenters. The second-order valence-corrected chi connectivity index (χ2v) is 4.30. The molecule has 1 aromatic heterocycles. The highest BCUT2D eigenvalue weighted by Gasteiger charge is 2.11. The van der Waals surface area contributed by atoms with E-state index in [1.165, 1.54) is 0 Å². The summed E-state index contributed by atoms with van der Waals surface area (Å²) in [4.78, 5) is 15.4. The zero-order valence-electron chi connectivity index (χ0n) is 11.2. The first-order valence-electron chi connectivity index (χ1n) is 5.85. The molecule has 0 aliphatic carbocycles. The van der Waals surface area contributed by atoms with Crippen molar-refractivity contribution in [2.75, 3.05) is 14.2 Å². The lowest BCUT2D eigenvalue weighted by Crippen LogP contribution is -2.14. The summed E-state index contributed by atoms with van der Waals surface area (Å²) in [6, 6.07) is 5.52. The van der Waals surface area contributed by atoms with Crippen molar-refractivity contribution in [1.29, 1.82) is 0 Å². The Morgan fingerprint density at radius 2 is 2.00 bits per heavy atom. The molecule has 0 aliphatic rings. The molecule has 0 fully saturated rings. The van der Waals surface area contributed by atoms with Crippen LogP contribution in [-0.4, -0.2) is 25.1 Å². The minimum absolute atomic E-state index is 0.117. The molecular weight excluding hydrogens is 244 g/mol. The Bertz CT molecular complexity index is 638. The van der Waals surface area contributed by atoms with Crippen LogP contribution < -0.4 is 15.2 Å². The van der Waals surface area contributed by atoms with E-state index in [1.54, 1.807) is 20.3 Å². The van der Waals surface area contributed by atoms with Crippen LogP contribution >= 0.6 is 0 Å². The third-order valence-corrected chi connectivity index (χ3v) is 2.92. The van der Waals surface area contributed by atoms with Crippen LogP contribution in [0.3, 0.4) is 0 Å². The zero-order chi connectivity index (χ0) is 14.0. The Kier molecular flexibility index (Phi) is 3.55. The van der Waals surface area contributed by atoms with Crippen molar-refractivity contribution >= 4 is 16.8 Å². The van der Waals surface area contributed by atoms with Gasteiger partial charge in [-0.05, 0) is 24.6 Å². The molecule has 1 aromatic carbocycles. The normalized spacial score (nSPS) is 10.5. The number of amides is 1. The lowest BCUT2D eigenvalue weighted by molar-refractivity contribution is -0.117. The fraction of sp³-hybridized carbons (Fsp3) is 0.286. The predicted octanol–water partition coefficient (Wildman–Crippen LogP) is 1.59. The van der Waals surface area contributed by atoms with E-state index < -0.39 is 5.91 Å². The highest BCUT2D eigenvalue weighted by atomic mass is 16.5. The van der Waals surface area contributed by atoms with Crippen LogP contribution in [0.5, 0.6) is 11.5 Å². The van der Waals surface area contributed by atoms with Crippen molar-refractivity contribution in [3.63, 3.8) is 0 Å². The van der Waals surface area contributed by atoms with Gasteiger partial charge < -0.3 is 15.2 Å². The average Bonchev–Trinajstić information content (AvgIpc) is 2.37. The van der Waals surface area contributed by atoms with E-state index in [2.05, 4.69) is 4.98 Å². The second-order valence-electron chi connectivity index (χ2n) is 4.30. The van der Waals surface area contributed by atoms with E-state index in [0.29, 0.717) is 22.7 Å². The van der Waals surface area contributed by atoms with Gasteiger partial charge in [-0.3, -0.25) is 4.79 Å². The topological polar surface area (TPSA) is 74.4 Å². The number of aromatic nitrogens is 1. The van der Waals surface area contributed by atoms with Gasteiger partial charge in [0.15, 0.2) is 0 Å². The van der Waals surface area contributed by atoms with E-state index in [-0.39, 0.29) is 6.42 Å². The summed E-state index contributed by atoms with van der Waals surface area (Å²) in [5.41, 5.74) is 7.55. The Morgan fingerprint density at radius 3 is 2.58 bits per heavy atom. The van der Waals surface area contributed by atoms with Gasteiger partial charge in [-0.15, -0.1) is 0 Å². The molecule has 5 nitrogen and oxygen atoms in total. The van der Waals surface area contributed by atoms with Crippen LogP contribution in [0.2, 0.25) is 0 Å². The van der Waals surface area contributed by atoms with Gasteiger partial charge in [-0.2, -0.15) is 0 Å².